The third-order valence-electron chi connectivity index (χ3n) is 10.0. The van der Waals surface area contributed by atoms with Crippen LogP contribution in [-0.4, -0.2) is 6.10 Å². The van der Waals surface area contributed by atoms with Crippen LogP contribution in [0, 0.1) is 17.1 Å². The number of unbranched alkanes of at least 4 members (excludes halogenated alkanes) is 15. The van der Waals surface area contributed by atoms with E-state index < -0.39 is 11.2 Å². The monoisotopic (exact) mass is 659 g/mol. The molecule has 3 heteroatoms. The van der Waals surface area contributed by atoms with E-state index in [9.17, 15) is 9.65 Å². The maximum atomic E-state index is 14.6. The highest BCUT2D eigenvalue weighted by Crippen LogP contribution is 2.44. The second kappa shape index (κ2) is 21.9. The molecule has 0 aliphatic carbocycles. The molecule has 0 N–H and O–H groups in total. The van der Waals surface area contributed by atoms with Gasteiger partial charge in [-0.15, -0.1) is 0 Å². The van der Waals surface area contributed by atoms with Crippen molar-refractivity contribution >= 4 is 0 Å². The minimum atomic E-state index is -0.477. The van der Waals surface area contributed by atoms with Gasteiger partial charge >= 0.3 is 0 Å². The third-order valence-corrected chi connectivity index (χ3v) is 10.0. The number of rotatable bonds is 24. The molecule has 0 amide bonds. The van der Waals surface area contributed by atoms with E-state index in [2.05, 4.69) is 104 Å². The van der Waals surface area contributed by atoms with Gasteiger partial charge in [0, 0.05) is 17.9 Å². The van der Waals surface area contributed by atoms with Crippen LogP contribution in [0.2, 0.25) is 0 Å². The summed E-state index contributed by atoms with van der Waals surface area (Å²) >= 11 is 0. The standard InChI is InChI=1S/C46H58FNO/c1-2-3-4-5-6-7-8-9-10-11-12-13-14-15-16-26-33-44(49-45-35-39(38-48)34-43(47)36-45)37-46(40-27-20-17-21-28-40,41-29-22-18-23-30-41)42-31-24-19-25-32-42/h17-25,27-32,34-36,44H,2-16,26,33,37H2,1H3. The van der Waals surface area contributed by atoms with Crippen LogP contribution in [0.1, 0.15) is 145 Å². The number of hydrogen-bond donors (Lipinski definition) is 0. The molecule has 4 aromatic rings. The zero-order valence-corrected chi connectivity index (χ0v) is 29.9. The minimum Gasteiger partial charge on any atom is -0.490 e. The minimum absolute atomic E-state index is 0.194. The van der Waals surface area contributed by atoms with Gasteiger partial charge < -0.3 is 4.74 Å². The van der Waals surface area contributed by atoms with Gasteiger partial charge in [0.25, 0.3) is 0 Å². The van der Waals surface area contributed by atoms with E-state index in [1.165, 1.54) is 119 Å². The van der Waals surface area contributed by atoms with Gasteiger partial charge in [-0.3, -0.25) is 0 Å². The van der Waals surface area contributed by atoms with Gasteiger partial charge in [0.05, 0.1) is 11.6 Å². The first kappa shape index (κ1) is 37.9. The summed E-state index contributed by atoms with van der Waals surface area (Å²) in [5, 5.41) is 9.54. The van der Waals surface area contributed by atoms with Gasteiger partial charge in [-0.2, -0.15) is 5.26 Å². The van der Waals surface area contributed by atoms with Crippen molar-refractivity contribution in [1.82, 2.24) is 0 Å². The summed E-state index contributed by atoms with van der Waals surface area (Å²) in [5.41, 5.74) is 3.39. The Morgan fingerprint density at radius 3 is 1.39 bits per heavy atom. The highest BCUT2D eigenvalue weighted by Gasteiger charge is 2.39. The van der Waals surface area contributed by atoms with E-state index in [-0.39, 0.29) is 11.7 Å². The molecular weight excluding hydrogens is 602 g/mol. The summed E-state index contributed by atoms with van der Waals surface area (Å²) in [5.74, 6) is -0.0308. The average Bonchev–Trinajstić information content (AvgIpc) is 3.14. The number of benzene rings is 4. The van der Waals surface area contributed by atoms with Gasteiger partial charge in [0.15, 0.2) is 0 Å². The van der Waals surface area contributed by atoms with E-state index in [4.69, 9.17) is 4.74 Å². The molecule has 0 aromatic heterocycles. The van der Waals surface area contributed by atoms with Crippen molar-refractivity contribution in [2.24, 2.45) is 0 Å². The number of halogens is 1. The summed E-state index contributed by atoms with van der Waals surface area (Å²) in [4.78, 5) is 0. The maximum Gasteiger partial charge on any atom is 0.128 e. The molecule has 1 unspecified atom stereocenters. The van der Waals surface area contributed by atoms with Crippen LogP contribution in [-0.2, 0) is 5.41 Å². The molecule has 4 aromatic carbocycles. The zero-order chi connectivity index (χ0) is 34.4. The Hall–Kier alpha value is -3.90. The first-order chi connectivity index (χ1) is 24.2. The van der Waals surface area contributed by atoms with Crippen molar-refractivity contribution in [2.75, 3.05) is 0 Å². The molecule has 49 heavy (non-hydrogen) atoms. The fourth-order valence-electron chi connectivity index (χ4n) is 7.37. The Morgan fingerprint density at radius 2 is 0.980 bits per heavy atom. The Morgan fingerprint density at radius 1 is 0.571 bits per heavy atom. The second-order valence-corrected chi connectivity index (χ2v) is 13.8. The lowest BCUT2D eigenvalue weighted by Crippen LogP contribution is -2.36. The Balaban J connectivity index is 1.39. The highest BCUT2D eigenvalue weighted by atomic mass is 19.1. The fraction of sp³-hybridized carbons (Fsp3) is 0.457. The Kier molecular flexibility index (Phi) is 17.0. The average molecular weight is 660 g/mol. The summed E-state index contributed by atoms with van der Waals surface area (Å²) in [6.45, 7) is 2.28. The van der Waals surface area contributed by atoms with Crippen molar-refractivity contribution < 1.29 is 9.13 Å². The summed E-state index contributed by atoms with van der Waals surface area (Å²) in [7, 11) is 0. The molecule has 0 saturated heterocycles. The van der Waals surface area contributed by atoms with Crippen molar-refractivity contribution in [3.05, 3.63) is 137 Å². The van der Waals surface area contributed by atoms with Gasteiger partial charge in [0.1, 0.15) is 17.7 Å². The quantitative estimate of drug-likeness (QED) is 0.0554. The first-order valence-corrected chi connectivity index (χ1v) is 19.2. The lowest BCUT2D eigenvalue weighted by molar-refractivity contribution is 0.158. The molecule has 0 heterocycles. The molecule has 1 atom stereocenters. The number of ether oxygens (including phenoxy) is 1. The molecule has 0 saturated carbocycles. The highest BCUT2D eigenvalue weighted by molar-refractivity contribution is 5.50. The van der Waals surface area contributed by atoms with Crippen LogP contribution in [0.15, 0.2) is 109 Å². The van der Waals surface area contributed by atoms with Gasteiger partial charge in [-0.05, 0) is 41.7 Å². The number of nitriles is 1. The molecule has 0 bridgehead atoms. The Labute approximate surface area is 296 Å². The predicted octanol–water partition coefficient (Wildman–Crippen LogP) is 13.5. The zero-order valence-electron chi connectivity index (χ0n) is 29.9. The first-order valence-electron chi connectivity index (χ1n) is 19.2. The van der Waals surface area contributed by atoms with Crippen LogP contribution >= 0.6 is 0 Å². The van der Waals surface area contributed by atoms with Gasteiger partial charge in [-0.1, -0.05) is 194 Å². The van der Waals surface area contributed by atoms with Crippen LogP contribution in [0.5, 0.6) is 5.75 Å². The fourth-order valence-corrected chi connectivity index (χ4v) is 7.37. The van der Waals surface area contributed by atoms with E-state index >= 15 is 0 Å². The molecule has 0 aliphatic heterocycles. The SMILES string of the molecule is CCCCCCCCCCCCCCCCCCC(CC(c1ccccc1)(c1ccccc1)c1ccccc1)Oc1cc(F)cc(C#N)c1. The van der Waals surface area contributed by atoms with Crippen LogP contribution in [0.4, 0.5) is 4.39 Å². The molecule has 4 rings (SSSR count). The lowest BCUT2D eigenvalue weighted by Gasteiger charge is -2.39. The largest absolute Gasteiger partial charge is 0.490 e. The molecule has 0 aliphatic rings. The smallest absolute Gasteiger partial charge is 0.128 e. The molecule has 2 nitrogen and oxygen atoms in total. The van der Waals surface area contributed by atoms with Crippen LogP contribution in [0.25, 0.3) is 0 Å². The second-order valence-electron chi connectivity index (χ2n) is 13.8. The van der Waals surface area contributed by atoms with Crippen molar-refractivity contribution in [1.29, 1.82) is 5.26 Å². The van der Waals surface area contributed by atoms with Gasteiger partial charge in [0.2, 0.25) is 0 Å². The van der Waals surface area contributed by atoms with E-state index in [1.807, 2.05) is 0 Å². The van der Waals surface area contributed by atoms with Crippen molar-refractivity contribution in [2.45, 2.75) is 134 Å². The van der Waals surface area contributed by atoms with E-state index in [0.717, 1.165) is 19.3 Å². The number of nitrogens with zero attached hydrogens (tertiary/aromatic N) is 1. The third kappa shape index (κ3) is 12.5. The Bertz CT molecular complexity index is 1380. The van der Waals surface area contributed by atoms with E-state index in [0.29, 0.717) is 12.2 Å². The predicted molar refractivity (Wildman–Crippen MR) is 204 cm³/mol. The van der Waals surface area contributed by atoms with Crippen LogP contribution < -0.4 is 4.74 Å². The molecule has 0 spiro atoms. The summed E-state index contributed by atoms with van der Waals surface area (Å²) < 4.78 is 21.3. The van der Waals surface area contributed by atoms with Gasteiger partial charge in [-0.25, -0.2) is 4.39 Å². The molecule has 0 fully saturated rings. The lowest BCUT2D eigenvalue weighted by atomic mass is 9.66. The van der Waals surface area contributed by atoms with E-state index in [1.54, 1.807) is 6.07 Å². The topological polar surface area (TPSA) is 33.0 Å². The normalized spacial score (nSPS) is 12.0. The van der Waals surface area contributed by atoms with Crippen LogP contribution in [0.3, 0.4) is 0 Å². The summed E-state index contributed by atoms with van der Waals surface area (Å²) in [6, 6.07) is 38.5. The maximum absolute atomic E-state index is 14.6. The molecular formula is C46H58FNO. The summed E-state index contributed by atoms with van der Waals surface area (Å²) in [6.07, 6.45) is 22.6. The van der Waals surface area contributed by atoms with Crippen molar-refractivity contribution in [3.8, 4) is 11.8 Å². The molecule has 0 radical (unpaired) electrons. The van der Waals surface area contributed by atoms with Crippen molar-refractivity contribution in [3.63, 3.8) is 0 Å². The molecule has 260 valence electrons. The number of hydrogen-bond acceptors (Lipinski definition) is 2.